The maximum atomic E-state index is 10.1. The third-order valence-electron chi connectivity index (χ3n) is 4.83. The van der Waals surface area contributed by atoms with Crippen molar-refractivity contribution in [3.05, 3.63) is 48.0 Å². The first-order chi connectivity index (χ1) is 11.2. The third kappa shape index (κ3) is 5.26. The average molecular weight is 351 g/mol. The van der Waals surface area contributed by atoms with Gasteiger partial charge in [-0.05, 0) is 29.8 Å². The normalized spacial score (nSPS) is 25.0. The maximum Gasteiger partial charge on any atom is 0.192 e. The molecule has 4 nitrogen and oxygen atoms in total. The molecule has 134 valence electrons. The van der Waals surface area contributed by atoms with Crippen LogP contribution < -0.4 is 0 Å². The molecule has 1 aliphatic rings. The summed E-state index contributed by atoms with van der Waals surface area (Å²) in [4.78, 5) is 0. The fraction of sp³-hybridized carbons (Fsp3) is 0.579. The molecule has 0 spiro atoms. The van der Waals surface area contributed by atoms with Gasteiger partial charge in [-0.25, -0.2) is 0 Å². The second-order valence-corrected chi connectivity index (χ2v) is 12.6. The van der Waals surface area contributed by atoms with Gasteiger partial charge in [0.2, 0.25) is 0 Å². The molecule has 0 radical (unpaired) electrons. The van der Waals surface area contributed by atoms with E-state index in [0.717, 1.165) is 5.56 Å². The van der Waals surface area contributed by atoms with Crippen molar-refractivity contribution in [2.24, 2.45) is 0 Å². The summed E-state index contributed by atoms with van der Waals surface area (Å²) in [5, 5.41) is 10.3. The molecule has 1 N–H and O–H groups in total. The zero-order valence-electron chi connectivity index (χ0n) is 15.4. The SMILES string of the molecule is CC(C)(C)[Si](C)(C)OC[C@@H]1O[C@H](OCc2ccccc2)C=C[C@H]1O. The Morgan fingerprint density at radius 1 is 1.12 bits per heavy atom. The highest BCUT2D eigenvalue weighted by atomic mass is 28.4. The highest BCUT2D eigenvalue weighted by Crippen LogP contribution is 2.36. The molecule has 0 saturated carbocycles. The summed E-state index contributed by atoms with van der Waals surface area (Å²) in [6.07, 6.45) is 1.98. The standard InChI is InChI=1S/C19H30O4Si/c1-19(2,3)24(4,5)22-14-17-16(20)11-12-18(23-17)21-13-15-9-7-6-8-10-15/h6-12,16-18,20H,13-14H2,1-5H3/t16-,17+,18+/m1/s1. The first kappa shape index (κ1) is 19.3. The molecule has 3 atom stereocenters. The average Bonchev–Trinajstić information content (AvgIpc) is 2.53. The van der Waals surface area contributed by atoms with Crippen LogP contribution in [0.25, 0.3) is 0 Å². The van der Waals surface area contributed by atoms with Gasteiger partial charge in [-0.1, -0.05) is 57.2 Å². The molecular weight excluding hydrogens is 320 g/mol. The van der Waals surface area contributed by atoms with Crippen LogP contribution in [-0.4, -0.2) is 38.5 Å². The van der Waals surface area contributed by atoms with Crippen LogP contribution in [-0.2, 0) is 20.5 Å². The quantitative estimate of drug-likeness (QED) is 0.625. The van der Waals surface area contributed by atoms with E-state index in [1.807, 2.05) is 30.3 Å². The first-order valence-corrected chi connectivity index (χ1v) is 11.4. The second kappa shape index (κ2) is 7.93. The molecule has 24 heavy (non-hydrogen) atoms. The molecule has 0 aliphatic carbocycles. The molecule has 0 bridgehead atoms. The molecule has 0 saturated heterocycles. The molecule has 1 aliphatic heterocycles. The van der Waals surface area contributed by atoms with Crippen molar-refractivity contribution in [2.75, 3.05) is 6.61 Å². The van der Waals surface area contributed by atoms with Crippen LogP contribution in [0.3, 0.4) is 0 Å². The van der Waals surface area contributed by atoms with Crippen LogP contribution in [0.2, 0.25) is 18.1 Å². The molecule has 0 amide bonds. The highest BCUT2D eigenvalue weighted by Gasteiger charge is 2.38. The van der Waals surface area contributed by atoms with Gasteiger partial charge >= 0.3 is 0 Å². The van der Waals surface area contributed by atoms with Crippen LogP contribution in [0.4, 0.5) is 0 Å². The molecule has 0 fully saturated rings. The second-order valence-electron chi connectivity index (χ2n) is 7.79. The van der Waals surface area contributed by atoms with Gasteiger partial charge < -0.3 is 19.0 Å². The lowest BCUT2D eigenvalue weighted by Gasteiger charge is -2.38. The van der Waals surface area contributed by atoms with Gasteiger partial charge in [0.15, 0.2) is 14.6 Å². The first-order valence-electron chi connectivity index (χ1n) is 8.50. The number of aliphatic hydroxyl groups is 1. The number of hydrogen-bond acceptors (Lipinski definition) is 4. The van der Waals surface area contributed by atoms with Crippen LogP contribution in [0.5, 0.6) is 0 Å². The Hall–Kier alpha value is -0.983. The Morgan fingerprint density at radius 3 is 2.42 bits per heavy atom. The Kier molecular flexibility index (Phi) is 6.39. The lowest BCUT2D eigenvalue weighted by atomic mass is 10.1. The minimum atomic E-state index is -1.87. The predicted octanol–water partition coefficient (Wildman–Crippen LogP) is 3.87. The lowest BCUT2D eigenvalue weighted by molar-refractivity contribution is -0.183. The monoisotopic (exact) mass is 350 g/mol. The fourth-order valence-corrected chi connectivity index (χ4v) is 3.13. The molecule has 0 aromatic heterocycles. The zero-order chi connectivity index (χ0) is 17.8. The topological polar surface area (TPSA) is 47.9 Å². The van der Waals surface area contributed by atoms with Crippen molar-refractivity contribution in [3.8, 4) is 0 Å². The van der Waals surface area contributed by atoms with E-state index in [0.29, 0.717) is 13.2 Å². The van der Waals surface area contributed by atoms with Crippen molar-refractivity contribution in [2.45, 2.75) is 64.0 Å². The summed E-state index contributed by atoms with van der Waals surface area (Å²) in [7, 11) is -1.87. The molecule has 5 heteroatoms. The summed E-state index contributed by atoms with van der Waals surface area (Å²) in [6.45, 7) is 11.8. The van der Waals surface area contributed by atoms with E-state index in [1.54, 1.807) is 12.2 Å². The van der Waals surface area contributed by atoms with Crippen molar-refractivity contribution >= 4 is 8.32 Å². The fourth-order valence-electron chi connectivity index (χ4n) is 2.12. The van der Waals surface area contributed by atoms with E-state index in [1.165, 1.54) is 0 Å². The van der Waals surface area contributed by atoms with Crippen molar-refractivity contribution < 1.29 is 19.0 Å². The number of ether oxygens (including phenoxy) is 2. The van der Waals surface area contributed by atoms with E-state index in [4.69, 9.17) is 13.9 Å². The third-order valence-corrected chi connectivity index (χ3v) is 9.33. The van der Waals surface area contributed by atoms with Crippen LogP contribution in [0.1, 0.15) is 26.3 Å². The summed E-state index contributed by atoms with van der Waals surface area (Å²) < 4.78 is 17.8. The van der Waals surface area contributed by atoms with E-state index in [2.05, 4.69) is 33.9 Å². The van der Waals surface area contributed by atoms with Gasteiger partial charge in [-0.2, -0.15) is 0 Å². The largest absolute Gasteiger partial charge is 0.414 e. The number of rotatable bonds is 6. The van der Waals surface area contributed by atoms with Crippen LogP contribution in [0.15, 0.2) is 42.5 Å². The minimum Gasteiger partial charge on any atom is -0.414 e. The molecule has 1 aromatic rings. The van der Waals surface area contributed by atoms with Gasteiger partial charge in [0.1, 0.15) is 12.2 Å². The van der Waals surface area contributed by atoms with Crippen LogP contribution in [0, 0.1) is 0 Å². The number of benzene rings is 1. The van der Waals surface area contributed by atoms with Gasteiger partial charge in [0, 0.05) is 0 Å². The number of hydrogen-bond donors (Lipinski definition) is 1. The summed E-state index contributed by atoms with van der Waals surface area (Å²) in [6, 6.07) is 9.97. The van der Waals surface area contributed by atoms with Gasteiger partial charge in [0.25, 0.3) is 0 Å². The van der Waals surface area contributed by atoms with Gasteiger partial charge in [0.05, 0.1) is 13.2 Å². The molecule has 2 rings (SSSR count). The van der Waals surface area contributed by atoms with Crippen LogP contribution >= 0.6 is 0 Å². The molecule has 0 unspecified atom stereocenters. The zero-order valence-corrected chi connectivity index (χ0v) is 16.4. The summed E-state index contributed by atoms with van der Waals surface area (Å²) in [5.74, 6) is 0. The minimum absolute atomic E-state index is 0.131. The molecule has 1 aromatic carbocycles. The highest BCUT2D eigenvalue weighted by molar-refractivity contribution is 6.74. The van der Waals surface area contributed by atoms with E-state index >= 15 is 0 Å². The summed E-state index contributed by atoms with van der Waals surface area (Å²) >= 11 is 0. The van der Waals surface area contributed by atoms with E-state index in [9.17, 15) is 5.11 Å². The smallest absolute Gasteiger partial charge is 0.192 e. The number of aliphatic hydroxyl groups excluding tert-OH is 1. The molecular formula is C19H30O4Si. The van der Waals surface area contributed by atoms with Gasteiger partial charge in [-0.3, -0.25) is 0 Å². The molecule has 1 heterocycles. The van der Waals surface area contributed by atoms with Gasteiger partial charge in [-0.15, -0.1) is 0 Å². The Bertz CT molecular complexity index is 536. The van der Waals surface area contributed by atoms with E-state index in [-0.39, 0.29) is 5.04 Å². The summed E-state index contributed by atoms with van der Waals surface area (Å²) in [5.41, 5.74) is 1.09. The lowest BCUT2D eigenvalue weighted by Crippen LogP contribution is -2.46. The Labute approximate surface area is 146 Å². The van der Waals surface area contributed by atoms with E-state index < -0.39 is 26.8 Å². The Balaban J connectivity index is 1.87. The van der Waals surface area contributed by atoms with Crippen molar-refractivity contribution in [3.63, 3.8) is 0 Å². The Morgan fingerprint density at radius 2 is 1.79 bits per heavy atom. The van der Waals surface area contributed by atoms with Crippen molar-refractivity contribution in [1.82, 2.24) is 0 Å². The predicted molar refractivity (Wildman–Crippen MR) is 98.2 cm³/mol. The maximum absolute atomic E-state index is 10.1. The van der Waals surface area contributed by atoms with Crippen molar-refractivity contribution in [1.29, 1.82) is 0 Å².